The zero-order valence-electron chi connectivity index (χ0n) is 13.4. The van der Waals surface area contributed by atoms with Gasteiger partial charge < -0.3 is 14.6 Å². The molecule has 0 saturated heterocycles. The van der Waals surface area contributed by atoms with Crippen molar-refractivity contribution in [3.63, 3.8) is 0 Å². The van der Waals surface area contributed by atoms with E-state index in [1.165, 1.54) is 12.2 Å². The Morgan fingerprint density at radius 3 is 2.88 bits per heavy atom. The van der Waals surface area contributed by atoms with Crippen LogP contribution in [0.25, 0.3) is 17.0 Å². The standard InChI is InChI=1S/C18H15N3O4/c1-12-10-16(21-25-12)20-17(22)11-24-18(23)9-8-14-7-6-13-4-2-3-5-15(13)19-14/h2-10H,11H2,1H3,(H,20,21,22). The van der Waals surface area contributed by atoms with Crippen molar-refractivity contribution < 1.29 is 18.8 Å². The minimum Gasteiger partial charge on any atom is -0.452 e. The van der Waals surface area contributed by atoms with Crippen LogP contribution < -0.4 is 5.32 Å². The average Bonchev–Trinajstić information content (AvgIpc) is 3.02. The van der Waals surface area contributed by atoms with Crippen LogP contribution in [0, 0.1) is 6.92 Å². The number of aromatic nitrogens is 2. The lowest BCUT2D eigenvalue weighted by atomic mass is 10.2. The molecule has 1 aromatic carbocycles. The molecular weight excluding hydrogens is 322 g/mol. The van der Waals surface area contributed by atoms with Crippen molar-refractivity contribution >= 4 is 34.7 Å². The van der Waals surface area contributed by atoms with Crippen molar-refractivity contribution in [3.05, 3.63) is 60.0 Å². The van der Waals surface area contributed by atoms with Gasteiger partial charge in [-0.2, -0.15) is 0 Å². The van der Waals surface area contributed by atoms with Gasteiger partial charge in [-0.15, -0.1) is 0 Å². The number of carbonyl (C=O) groups excluding carboxylic acids is 2. The summed E-state index contributed by atoms with van der Waals surface area (Å²) in [5.74, 6) is -0.298. The number of ether oxygens (including phenoxy) is 1. The summed E-state index contributed by atoms with van der Waals surface area (Å²) < 4.78 is 9.69. The van der Waals surface area contributed by atoms with Gasteiger partial charge in [0.05, 0.1) is 11.2 Å². The van der Waals surface area contributed by atoms with Gasteiger partial charge in [-0.05, 0) is 25.1 Å². The summed E-state index contributed by atoms with van der Waals surface area (Å²) in [6.07, 6.45) is 2.76. The number of aryl methyl sites for hydroxylation is 1. The number of carbonyl (C=O) groups is 2. The molecule has 1 N–H and O–H groups in total. The lowest BCUT2D eigenvalue weighted by molar-refractivity contribution is -0.142. The highest BCUT2D eigenvalue weighted by atomic mass is 16.5. The summed E-state index contributed by atoms with van der Waals surface area (Å²) in [6, 6.07) is 13.0. The number of amides is 1. The van der Waals surface area contributed by atoms with Crippen molar-refractivity contribution in [2.75, 3.05) is 11.9 Å². The van der Waals surface area contributed by atoms with Crippen LogP contribution >= 0.6 is 0 Å². The maximum absolute atomic E-state index is 11.7. The van der Waals surface area contributed by atoms with Gasteiger partial charge in [-0.25, -0.2) is 9.78 Å². The van der Waals surface area contributed by atoms with E-state index in [0.29, 0.717) is 11.5 Å². The predicted octanol–water partition coefficient (Wildman–Crippen LogP) is 2.73. The summed E-state index contributed by atoms with van der Waals surface area (Å²) in [7, 11) is 0. The van der Waals surface area contributed by atoms with Crippen molar-refractivity contribution in [3.8, 4) is 0 Å². The van der Waals surface area contributed by atoms with E-state index in [0.717, 1.165) is 10.9 Å². The average molecular weight is 337 g/mol. The highest BCUT2D eigenvalue weighted by molar-refractivity contribution is 5.94. The molecular formula is C18H15N3O4. The second-order valence-electron chi connectivity index (χ2n) is 5.24. The number of esters is 1. The van der Waals surface area contributed by atoms with Crippen LogP contribution in [0.3, 0.4) is 0 Å². The molecule has 0 spiro atoms. The smallest absolute Gasteiger partial charge is 0.331 e. The molecule has 0 atom stereocenters. The zero-order chi connectivity index (χ0) is 17.6. The lowest BCUT2D eigenvalue weighted by Gasteiger charge is -2.02. The van der Waals surface area contributed by atoms with Crippen LogP contribution in [0.2, 0.25) is 0 Å². The van der Waals surface area contributed by atoms with Gasteiger partial charge in [0.1, 0.15) is 5.76 Å². The van der Waals surface area contributed by atoms with E-state index in [9.17, 15) is 9.59 Å². The number of anilines is 1. The third kappa shape index (κ3) is 4.51. The zero-order valence-corrected chi connectivity index (χ0v) is 13.4. The fourth-order valence-corrected chi connectivity index (χ4v) is 2.12. The van der Waals surface area contributed by atoms with Gasteiger partial charge in [0, 0.05) is 17.5 Å². The Morgan fingerprint density at radius 2 is 2.08 bits per heavy atom. The van der Waals surface area contributed by atoms with Crippen molar-refractivity contribution in [2.24, 2.45) is 0 Å². The van der Waals surface area contributed by atoms with Gasteiger partial charge >= 0.3 is 5.97 Å². The molecule has 1 amide bonds. The van der Waals surface area contributed by atoms with Gasteiger partial charge in [-0.3, -0.25) is 4.79 Å². The molecule has 0 aliphatic rings. The SMILES string of the molecule is Cc1cc(NC(=O)COC(=O)C=Cc2ccc3ccccc3n2)no1. The Bertz CT molecular complexity index is 946. The number of pyridine rings is 1. The molecule has 0 aliphatic carbocycles. The monoisotopic (exact) mass is 337 g/mol. The Balaban J connectivity index is 1.52. The largest absolute Gasteiger partial charge is 0.452 e. The molecule has 25 heavy (non-hydrogen) atoms. The maximum atomic E-state index is 11.7. The molecule has 0 bridgehead atoms. The number of para-hydroxylation sites is 1. The molecule has 7 heteroatoms. The second-order valence-corrected chi connectivity index (χ2v) is 5.24. The Hall–Kier alpha value is -3.48. The molecule has 0 unspecified atom stereocenters. The van der Waals surface area contributed by atoms with Gasteiger partial charge in [0.15, 0.2) is 12.4 Å². The minimum atomic E-state index is -0.638. The van der Waals surface area contributed by atoms with Gasteiger partial charge in [0.25, 0.3) is 5.91 Å². The number of benzene rings is 1. The third-order valence-electron chi connectivity index (χ3n) is 3.25. The molecule has 0 radical (unpaired) electrons. The van der Waals surface area contributed by atoms with E-state index in [-0.39, 0.29) is 5.82 Å². The molecule has 0 saturated carbocycles. The first-order valence-corrected chi connectivity index (χ1v) is 7.54. The molecule has 7 nitrogen and oxygen atoms in total. The summed E-state index contributed by atoms with van der Waals surface area (Å²) in [4.78, 5) is 27.7. The number of hydrogen-bond acceptors (Lipinski definition) is 6. The highest BCUT2D eigenvalue weighted by Gasteiger charge is 2.08. The summed E-state index contributed by atoms with van der Waals surface area (Å²) in [6.45, 7) is 1.29. The van der Waals surface area contributed by atoms with Crippen molar-refractivity contribution in [1.82, 2.24) is 10.1 Å². The van der Waals surface area contributed by atoms with E-state index in [1.807, 2.05) is 30.3 Å². The number of rotatable bonds is 5. The number of nitrogens with zero attached hydrogens (tertiary/aromatic N) is 2. The van der Waals surface area contributed by atoms with Crippen LogP contribution in [-0.2, 0) is 14.3 Å². The highest BCUT2D eigenvalue weighted by Crippen LogP contribution is 2.12. The van der Waals surface area contributed by atoms with Crippen molar-refractivity contribution in [1.29, 1.82) is 0 Å². The number of nitrogens with one attached hydrogen (secondary N) is 1. The summed E-state index contributed by atoms with van der Waals surface area (Å²) >= 11 is 0. The molecule has 0 fully saturated rings. The summed E-state index contributed by atoms with van der Waals surface area (Å²) in [5.41, 5.74) is 1.46. The molecule has 2 heterocycles. The Labute approximate surface area is 143 Å². The topological polar surface area (TPSA) is 94.3 Å². The molecule has 2 aromatic heterocycles. The Morgan fingerprint density at radius 1 is 1.24 bits per heavy atom. The van der Waals surface area contributed by atoms with Gasteiger partial charge in [-0.1, -0.05) is 29.4 Å². The molecule has 3 aromatic rings. The molecule has 3 rings (SSSR count). The second kappa shape index (κ2) is 7.39. The summed E-state index contributed by atoms with van der Waals surface area (Å²) in [5, 5.41) is 7.08. The number of hydrogen-bond donors (Lipinski definition) is 1. The van der Waals surface area contributed by atoms with E-state index < -0.39 is 18.5 Å². The normalized spacial score (nSPS) is 10.9. The van der Waals surface area contributed by atoms with E-state index in [2.05, 4.69) is 15.5 Å². The Kier molecular flexibility index (Phi) is 4.84. The predicted molar refractivity (Wildman–Crippen MR) is 91.6 cm³/mol. The first kappa shape index (κ1) is 16.4. The number of fused-ring (bicyclic) bond motifs is 1. The van der Waals surface area contributed by atoms with Crippen LogP contribution in [-0.4, -0.2) is 28.6 Å². The van der Waals surface area contributed by atoms with Gasteiger partial charge in [0.2, 0.25) is 0 Å². The lowest BCUT2D eigenvalue weighted by Crippen LogP contribution is -2.20. The van der Waals surface area contributed by atoms with Crippen LogP contribution in [0.15, 0.2) is 53.1 Å². The minimum absolute atomic E-state index is 0.273. The molecule has 126 valence electrons. The quantitative estimate of drug-likeness (QED) is 0.568. The van der Waals surface area contributed by atoms with E-state index in [4.69, 9.17) is 9.26 Å². The van der Waals surface area contributed by atoms with Crippen LogP contribution in [0.4, 0.5) is 5.82 Å². The fraction of sp³-hybridized carbons (Fsp3) is 0.111. The fourth-order valence-electron chi connectivity index (χ4n) is 2.12. The first-order chi connectivity index (χ1) is 12.1. The van der Waals surface area contributed by atoms with Crippen LogP contribution in [0.5, 0.6) is 0 Å². The molecule has 0 aliphatic heterocycles. The first-order valence-electron chi connectivity index (χ1n) is 7.54. The van der Waals surface area contributed by atoms with Crippen LogP contribution in [0.1, 0.15) is 11.5 Å². The third-order valence-corrected chi connectivity index (χ3v) is 3.25. The van der Waals surface area contributed by atoms with Crippen molar-refractivity contribution in [2.45, 2.75) is 6.92 Å². The maximum Gasteiger partial charge on any atom is 0.331 e. The van der Waals surface area contributed by atoms with E-state index in [1.54, 1.807) is 19.1 Å². The van der Waals surface area contributed by atoms with E-state index >= 15 is 0 Å².